The van der Waals surface area contributed by atoms with Gasteiger partial charge in [0.25, 0.3) is 11.6 Å². The summed E-state index contributed by atoms with van der Waals surface area (Å²) in [6.07, 6.45) is 3.55. The average Bonchev–Trinajstić information content (AvgIpc) is 3.23. The number of hydrogen-bond acceptors (Lipinski definition) is 4. The molecule has 4 rings (SSSR count). The van der Waals surface area contributed by atoms with E-state index in [1.165, 1.54) is 9.58 Å². The molecule has 0 N–H and O–H groups in total. The minimum Gasteiger partial charge on any atom is -0.858 e. The standard InChI is InChI=1S/C26H27ClN4O3/c1-14(2)22-20(25(33)31(28-22)19-9-7-8-18(27)12-19)21-23(26(34)30(15(3)4)24(21)32)29-11-10-16(5)17(6)13-29/h7-15H,1-6H3. The number of halogens is 1. The number of carbonyl (C=O) groups excluding carboxylic acids is 2. The maximum absolute atomic E-state index is 13.8. The van der Waals surface area contributed by atoms with Gasteiger partial charge in [-0.1, -0.05) is 31.5 Å². The fourth-order valence-electron chi connectivity index (χ4n) is 4.13. The van der Waals surface area contributed by atoms with E-state index in [9.17, 15) is 14.7 Å². The van der Waals surface area contributed by atoms with Crippen LogP contribution >= 0.6 is 11.6 Å². The maximum Gasteiger partial charge on any atom is 0.327 e. The number of carbonyl (C=O) groups is 2. The van der Waals surface area contributed by atoms with Crippen molar-refractivity contribution in [1.82, 2.24) is 14.7 Å². The molecule has 34 heavy (non-hydrogen) atoms. The van der Waals surface area contributed by atoms with Crippen molar-refractivity contribution in [2.75, 3.05) is 0 Å². The number of amides is 2. The number of aromatic nitrogens is 3. The molecule has 7 nitrogen and oxygen atoms in total. The normalized spacial score (nSPS) is 14.3. The van der Waals surface area contributed by atoms with Crippen molar-refractivity contribution < 1.29 is 19.3 Å². The highest BCUT2D eigenvalue weighted by atomic mass is 35.5. The molecule has 0 atom stereocenters. The van der Waals surface area contributed by atoms with Crippen molar-refractivity contribution >= 4 is 34.7 Å². The summed E-state index contributed by atoms with van der Waals surface area (Å²) in [7, 11) is 0. The van der Waals surface area contributed by atoms with Gasteiger partial charge in [-0.3, -0.25) is 14.5 Å². The first kappa shape index (κ1) is 23.7. The first-order valence-corrected chi connectivity index (χ1v) is 11.6. The van der Waals surface area contributed by atoms with Gasteiger partial charge < -0.3 is 5.11 Å². The van der Waals surface area contributed by atoms with Gasteiger partial charge in [0.05, 0.1) is 11.4 Å². The molecule has 0 spiro atoms. The molecule has 176 valence electrons. The van der Waals surface area contributed by atoms with Gasteiger partial charge in [-0.15, -0.1) is 0 Å². The van der Waals surface area contributed by atoms with E-state index in [4.69, 9.17) is 11.6 Å². The van der Waals surface area contributed by atoms with Crippen LogP contribution in [0.25, 0.3) is 17.0 Å². The third kappa shape index (κ3) is 3.80. The molecule has 2 amide bonds. The highest BCUT2D eigenvalue weighted by Crippen LogP contribution is 2.39. The predicted molar refractivity (Wildman–Crippen MR) is 128 cm³/mol. The topological polar surface area (TPSA) is 82.1 Å². The quantitative estimate of drug-likeness (QED) is 0.413. The summed E-state index contributed by atoms with van der Waals surface area (Å²) in [6, 6.07) is 8.31. The van der Waals surface area contributed by atoms with E-state index < -0.39 is 17.7 Å². The molecule has 1 aliphatic heterocycles. The lowest BCUT2D eigenvalue weighted by molar-refractivity contribution is -0.577. The van der Waals surface area contributed by atoms with Crippen molar-refractivity contribution in [3.63, 3.8) is 0 Å². The van der Waals surface area contributed by atoms with Crippen molar-refractivity contribution in [3.05, 3.63) is 70.1 Å². The highest BCUT2D eigenvalue weighted by Gasteiger charge is 2.48. The third-order valence-corrected chi connectivity index (χ3v) is 6.26. The lowest BCUT2D eigenvalue weighted by Gasteiger charge is -2.19. The molecule has 0 radical (unpaired) electrons. The molecule has 0 bridgehead atoms. The van der Waals surface area contributed by atoms with Crippen LogP contribution in [-0.4, -0.2) is 32.5 Å². The molecule has 1 aliphatic rings. The van der Waals surface area contributed by atoms with Crippen LogP contribution in [0.1, 0.15) is 56.0 Å². The van der Waals surface area contributed by atoms with Crippen LogP contribution in [0.5, 0.6) is 5.88 Å². The molecule has 0 fully saturated rings. The Balaban J connectivity index is 2.06. The second-order valence-corrected chi connectivity index (χ2v) is 9.56. The molecule has 0 aliphatic carbocycles. The van der Waals surface area contributed by atoms with Crippen molar-refractivity contribution in [2.24, 2.45) is 0 Å². The molecule has 1 aromatic carbocycles. The molecule has 2 aromatic heterocycles. The number of pyridine rings is 1. The molecule has 0 saturated heterocycles. The number of benzene rings is 1. The Morgan fingerprint density at radius 3 is 2.32 bits per heavy atom. The summed E-state index contributed by atoms with van der Waals surface area (Å²) in [4.78, 5) is 28.4. The van der Waals surface area contributed by atoms with Crippen LogP contribution in [0.2, 0.25) is 5.02 Å². The summed E-state index contributed by atoms with van der Waals surface area (Å²) in [5.41, 5.74) is 3.34. The summed E-state index contributed by atoms with van der Waals surface area (Å²) in [6.45, 7) is 11.3. The molecule has 8 heteroatoms. The van der Waals surface area contributed by atoms with Crippen molar-refractivity contribution in [1.29, 1.82) is 0 Å². The Kier molecular flexibility index (Phi) is 6.08. The number of aryl methyl sites for hydroxylation is 2. The van der Waals surface area contributed by atoms with Gasteiger partial charge in [-0.05, 0) is 63.3 Å². The zero-order valence-corrected chi connectivity index (χ0v) is 20.8. The fourth-order valence-corrected chi connectivity index (χ4v) is 4.31. The van der Waals surface area contributed by atoms with E-state index >= 15 is 0 Å². The lowest BCUT2D eigenvalue weighted by atomic mass is 9.98. The minimum absolute atomic E-state index is 0.0777. The van der Waals surface area contributed by atoms with Crippen LogP contribution in [0.15, 0.2) is 42.7 Å². The van der Waals surface area contributed by atoms with Gasteiger partial charge in [0, 0.05) is 28.3 Å². The van der Waals surface area contributed by atoms with Gasteiger partial charge in [0.15, 0.2) is 12.4 Å². The van der Waals surface area contributed by atoms with Crippen molar-refractivity contribution in [2.45, 2.75) is 53.5 Å². The third-order valence-electron chi connectivity index (χ3n) is 6.03. The van der Waals surface area contributed by atoms with Crippen LogP contribution in [0.4, 0.5) is 0 Å². The van der Waals surface area contributed by atoms with Gasteiger partial charge in [-0.2, -0.15) is 9.67 Å². The summed E-state index contributed by atoms with van der Waals surface area (Å²) >= 11 is 6.15. The first-order chi connectivity index (χ1) is 16.0. The smallest absolute Gasteiger partial charge is 0.327 e. The van der Waals surface area contributed by atoms with Crippen LogP contribution in [0.3, 0.4) is 0 Å². The van der Waals surface area contributed by atoms with Gasteiger partial charge in [0.2, 0.25) is 0 Å². The zero-order valence-electron chi connectivity index (χ0n) is 20.1. The summed E-state index contributed by atoms with van der Waals surface area (Å²) in [5, 5.41) is 18.8. The monoisotopic (exact) mass is 478 g/mol. The van der Waals surface area contributed by atoms with E-state index in [0.29, 0.717) is 16.4 Å². The van der Waals surface area contributed by atoms with Crippen LogP contribution < -0.4 is 9.67 Å². The number of imide groups is 1. The van der Waals surface area contributed by atoms with Crippen molar-refractivity contribution in [3.8, 4) is 11.6 Å². The molecular weight excluding hydrogens is 452 g/mol. The fraction of sp³-hybridized carbons (Fsp3) is 0.308. The SMILES string of the molecule is Cc1cc[n+](C2=C(c3c(C(C)C)nn(-c4cccc(Cl)c4)c3[O-])C(=O)N(C(C)C)C2=O)cc1C. The predicted octanol–water partition coefficient (Wildman–Crippen LogP) is 3.77. The van der Waals surface area contributed by atoms with E-state index in [1.54, 1.807) is 55.1 Å². The summed E-state index contributed by atoms with van der Waals surface area (Å²) in [5.74, 6) is -1.56. The highest BCUT2D eigenvalue weighted by molar-refractivity contribution is 6.45. The molecule has 0 saturated carbocycles. The number of nitrogens with zero attached hydrogens (tertiary/aromatic N) is 4. The van der Waals surface area contributed by atoms with Gasteiger partial charge in [0.1, 0.15) is 5.57 Å². The number of rotatable bonds is 5. The molecule has 3 aromatic rings. The Labute approximate surface area is 203 Å². The zero-order chi connectivity index (χ0) is 24.9. The average molecular weight is 479 g/mol. The Morgan fingerprint density at radius 2 is 1.74 bits per heavy atom. The van der Waals surface area contributed by atoms with E-state index in [1.807, 2.05) is 33.8 Å². The molecule has 3 heterocycles. The largest absolute Gasteiger partial charge is 0.858 e. The van der Waals surface area contributed by atoms with E-state index in [-0.39, 0.29) is 28.8 Å². The van der Waals surface area contributed by atoms with Gasteiger partial charge >= 0.3 is 5.91 Å². The maximum atomic E-state index is 13.8. The van der Waals surface area contributed by atoms with E-state index in [0.717, 1.165) is 11.1 Å². The molecular formula is C26H27ClN4O3. The van der Waals surface area contributed by atoms with E-state index in [2.05, 4.69) is 5.10 Å². The minimum atomic E-state index is -0.495. The first-order valence-electron chi connectivity index (χ1n) is 11.2. The number of hydrogen-bond donors (Lipinski definition) is 0. The lowest BCUT2D eigenvalue weighted by Crippen LogP contribution is -2.42. The Hall–Kier alpha value is -3.45. The molecule has 0 unspecified atom stereocenters. The van der Waals surface area contributed by atoms with Gasteiger partial charge in [-0.25, -0.2) is 4.68 Å². The van der Waals surface area contributed by atoms with Crippen LogP contribution in [-0.2, 0) is 9.59 Å². The Morgan fingerprint density at radius 1 is 1.03 bits per heavy atom. The second-order valence-electron chi connectivity index (χ2n) is 9.13. The second kappa shape index (κ2) is 8.72. The Bertz CT molecular complexity index is 1350. The summed E-state index contributed by atoms with van der Waals surface area (Å²) < 4.78 is 2.89. The van der Waals surface area contributed by atoms with Crippen LogP contribution in [0, 0.1) is 13.8 Å².